The quantitative estimate of drug-likeness (QED) is 0.519. The molecular formula is C20H19N5O. The predicted molar refractivity (Wildman–Crippen MR) is 100 cm³/mol. The van der Waals surface area contributed by atoms with Crippen molar-refractivity contribution in [2.75, 3.05) is 6.54 Å². The number of aromatic nitrogens is 4. The van der Waals surface area contributed by atoms with E-state index < -0.39 is 0 Å². The lowest BCUT2D eigenvalue weighted by molar-refractivity contribution is 0.0954. The van der Waals surface area contributed by atoms with Crippen LogP contribution in [0.15, 0.2) is 42.5 Å². The summed E-state index contributed by atoms with van der Waals surface area (Å²) in [5.74, 6) is 2.42. The van der Waals surface area contributed by atoms with Crippen LogP contribution in [0.5, 0.6) is 0 Å². The predicted octanol–water partition coefficient (Wildman–Crippen LogP) is 3.29. The lowest BCUT2D eigenvalue weighted by atomic mass is 10.2. The van der Waals surface area contributed by atoms with Gasteiger partial charge in [0.25, 0.3) is 5.91 Å². The monoisotopic (exact) mass is 345 g/mol. The Balaban J connectivity index is 1.25. The van der Waals surface area contributed by atoms with Gasteiger partial charge in [-0.05, 0) is 43.2 Å². The van der Waals surface area contributed by atoms with Crippen molar-refractivity contribution in [1.82, 2.24) is 25.3 Å². The van der Waals surface area contributed by atoms with Crippen molar-refractivity contribution in [2.45, 2.75) is 25.2 Å². The van der Waals surface area contributed by atoms with Crippen LogP contribution in [-0.4, -0.2) is 32.4 Å². The van der Waals surface area contributed by atoms with E-state index in [1.807, 2.05) is 42.5 Å². The fourth-order valence-corrected chi connectivity index (χ4v) is 3.24. The number of imidazole rings is 2. The summed E-state index contributed by atoms with van der Waals surface area (Å²) in [7, 11) is 0. The van der Waals surface area contributed by atoms with Gasteiger partial charge in [-0.15, -0.1) is 0 Å². The van der Waals surface area contributed by atoms with Gasteiger partial charge in [-0.1, -0.05) is 12.1 Å². The van der Waals surface area contributed by atoms with Crippen LogP contribution in [0.4, 0.5) is 0 Å². The topological polar surface area (TPSA) is 86.5 Å². The van der Waals surface area contributed by atoms with E-state index >= 15 is 0 Å². The minimum Gasteiger partial charge on any atom is -0.352 e. The van der Waals surface area contributed by atoms with Gasteiger partial charge in [-0.3, -0.25) is 4.79 Å². The Hall–Kier alpha value is -3.15. The first-order chi connectivity index (χ1) is 12.8. The zero-order valence-electron chi connectivity index (χ0n) is 14.2. The number of para-hydroxylation sites is 2. The van der Waals surface area contributed by atoms with Crippen molar-refractivity contribution < 1.29 is 4.79 Å². The van der Waals surface area contributed by atoms with Gasteiger partial charge in [0.05, 0.1) is 22.1 Å². The lowest BCUT2D eigenvalue weighted by Gasteiger charge is -2.04. The normalized spacial score (nSPS) is 14.2. The highest BCUT2D eigenvalue weighted by Gasteiger charge is 2.26. The molecule has 6 nitrogen and oxygen atoms in total. The number of aromatic amines is 2. The van der Waals surface area contributed by atoms with Crippen LogP contribution in [-0.2, 0) is 6.42 Å². The zero-order valence-corrected chi connectivity index (χ0v) is 14.2. The molecule has 1 fully saturated rings. The molecule has 1 aliphatic rings. The van der Waals surface area contributed by atoms with E-state index in [1.54, 1.807) is 0 Å². The maximum atomic E-state index is 12.4. The molecule has 1 aliphatic carbocycles. The number of rotatable bonds is 5. The highest BCUT2D eigenvalue weighted by atomic mass is 16.1. The molecule has 6 heteroatoms. The van der Waals surface area contributed by atoms with Gasteiger partial charge in [0.15, 0.2) is 0 Å². The second kappa shape index (κ2) is 5.98. The summed E-state index contributed by atoms with van der Waals surface area (Å²) < 4.78 is 0. The largest absolute Gasteiger partial charge is 0.352 e. The molecule has 1 amide bonds. The van der Waals surface area contributed by atoms with Crippen LogP contribution >= 0.6 is 0 Å². The van der Waals surface area contributed by atoms with Crippen LogP contribution in [0.1, 0.15) is 40.8 Å². The van der Waals surface area contributed by atoms with Crippen LogP contribution in [0.25, 0.3) is 22.1 Å². The Morgan fingerprint density at radius 1 is 1.04 bits per heavy atom. The van der Waals surface area contributed by atoms with E-state index in [4.69, 9.17) is 0 Å². The molecule has 0 bridgehead atoms. The minimum atomic E-state index is -0.0782. The molecule has 0 unspecified atom stereocenters. The first-order valence-corrected chi connectivity index (χ1v) is 8.98. The first-order valence-electron chi connectivity index (χ1n) is 8.98. The Labute approximate surface area is 150 Å². The number of hydrogen-bond acceptors (Lipinski definition) is 3. The fourth-order valence-electron chi connectivity index (χ4n) is 3.24. The lowest BCUT2D eigenvalue weighted by Crippen LogP contribution is -2.25. The van der Waals surface area contributed by atoms with Crippen LogP contribution in [0.3, 0.4) is 0 Å². The number of amides is 1. The average molecular weight is 345 g/mol. The van der Waals surface area contributed by atoms with Crippen molar-refractivity contribution in [2.24, 2.45) is 0 Å². The first kappa shape index (κ1) is 15.1. The fraction of sp³-hybridized carbons (Fsp3) is 0.250. The number of carbonyl (C=O) groups is 1. The maximum absolute atomic E-state index is 12.4. The van der Waals surface area contributed by atoms with Gasteiger partial charge in [-0.2, -0.15) is 0 Å². The van der Waals surface area contributed by atoms with Crippen molar-refractivity contribution in [3.8, 4) is 0 Å². The summed E-state index contributed by atoms with van der Waals surface area (Å²) in [6.45, 7) is 0.535. The molecule has 0 radical (unpaired) electrons. The van der Waals surface area contributed by atoms with Crippen molar-refractivity contribution in [3.05, 3.63) is 59.7 Å². The molecule has 5 rings (SSSR count). The van der Waals surface area contributed by atoms with E-state index in [0.29, 0.717) is 24.4 Å². The Morgan fingerprint density at radius 2 is 1.88 bits per heavy atom. The van der Waals surface area contributed by atoms with E-state index in [9.17, 15) is 4.79 Å². The van der Waals surface area contributed by atoms with E-state index in [-0.39, 0.29) is 5.91 Å². The highest BCUT2D eigenvalue weighted by molar-refractivity contribution is 5.97. The average Bonchev–Trinajstić information content (AvgIpc) is 3.28. The Kier molecular flexibility index (Phi) is 3.48. The molecule has 0 saturated heterocycles. The smallest absolute Gasteiger partial charge is 0.251 e. The van der Waals surface area contributed by atoms with Crippen molar-refractivity contribution in [3.63, 3.8) is 0 Å². The third-order valence-electron chi connectivity index (χ3n) is 4.81. The molecule has 0 atom stereocenters. The van der Waals surface area contributed by atoms with Gasteiger partial charge >= 0.3 is 0 Å². The number of H-pyrrole nitrogens is 2. The standard InChI is InChI=1S/C20H19N5O/c26-20(21-10-9-18-22-14-3-1-2-4-15(14)23-18)13-7-8-16-17(11-13)25-19(24-16)12-5-6-12/h1-4,7-8,11-12H,5-6,9-10H2,(H,21,26)(H,22,23)(H,24,25). The molecule has 1 saturated carbocycles. The number of carbonyl (C=O) groups excluding carboxylic acids is 1. The van der Waals surface area contributed by atoms with E-state index in [2.05, 4.69) is 25.3 Å². The van der Waals surface area contributed by atoms with E-state index in [1.165, 1.54) is 12.8 Å². The summed E-state index contributed by atoms with van der Waals surface area (Å²) in [6.07, 6.45) is 3.07. The molecule has 130 valence electrons. The molecule has 3 N–H and O–H groups in total. The molecule has 0 spiro atoms. The SMILES string of the molecule is O=C(NCCc1nc2ccccc2[nH]1)c1ccc2nc(C3CC3)[nH]c2c1. The molecule has 2 aromatic heterocycles. The number of nitrogens with one attached hydrogen (secondary N) is 3. The molecule has 0 aliphatic heterocycles. The number of benzene rings is 2. The van der Waals surface area contributed by atoms with Crippen LogP contribution in [0.2, 0.25) is 0 Å². The summed E-state index contributed by atoms with van der Waals surface area (Å²) in [5, 5.41) is 2.97. The number of nitrogens with zero attached hydrogens (tertiary/aromatic N) is 2. The number of hydrogen-bond donors (Lipinski definition) is 3. The second-order valence-electron chi connectivity index (χ2n) is 6.83. The molecule has 2 aromatic carbocycles. The molecule has 2 heterocycles. The molecular weight excluding hydrogens is 326 g/mol. The van der Waals surface area contributed by atoms with Crippen LogP contribution in [0, 0.1) is 0 Å². The highest BCUT2D eigenvalue weighted by Crippen LogP contribution is 2.39. The Morgan fingerprint density at radius 3 is 2.73 bits per heavy atom. The summed E-state index contributed by atoms with van der Waals surface area (Å²) in [4.78, 5) is 28.2. The molecule has 26 heavy (non-hydrogen) atoms. The zero-order chi connectivity index (χ0) is 17.5. The van der Waals surface area contributed by atoms with Gasteiger partial charge < -0.3 is 15.3 Å². The number of fused-ring (bicyclic) bond motifs is 2. The van der Waals surface area contributed by atoms with Gasteiger partial charge in [-0.25, -0.2) is 9.97 Å². The third kappa shape index (κ3) is 2.83. The van der Waals surface area contributed by atoms with Gasteiger partial charge in [0.1, 0.15) is 11.6 Å². The summed E-state index contributed by atoms with van der Waals surface area (Å²) >= 11 is 0. The second-order valence-corrected chi connectivity index (χ2v) is 6.83. The van der Waals surface area contributed by atoms with Gasteiger partial charge in [0, 0.05) is 24.4 Å². The summed E-state index contributed by atoms with van der Waals surface area (Å²) in [5.41, 5.74) is 4.46. The van der Waals surface area contributed by atoms with E-state index in [0.717, 1.165) is 33.7 Å². The maximum Gasteiger partial charge on any atom is 0.251 e. The van der Waals surface area contributed by atoms with Crippen molar-refractivity contribution in [1.29, 1.82) is 0 Å². The third-order valence-corrected chi connectivity index (χ3v) is 4.81. The molecule has 4 aromatic rings. The van der Waals surface area contributed by atoms with Crippen molar-refractivity contribution >= 4 is 28.0 Å². The van der Waals surface area contributed by atoms with Crippen LogP contribution < -0.4 is 5.32 Å². The Bertz CT molecular complexity index is 1070. The minimum absolute atomic E-state index is 0.0782. The van der Waals surface area contributed by atoms with Gasteiger partial charge in [0.2, 0.25) is 0 Å². The summed E-state index contributed by atoms with van der Waals surface area (Å²) in [6, 6.07) is 13.5.